The van der Waals surface area contributed by atoms with Crippen LogP contribution >= 0.6 is 0 Å². The van der Waals surface area contributed by atoms with Gasteiger partial charge in [0.25, 0.3) is 22.7 Å². The van der Waals surface area contributed by atoms with E-state index in [2.05, 4.69) is 20.0 Å². The van der Waals surface area contributed by atoms with Gasteiger partial charge in [-0.25, -0.2) is 9.59 Å². The van der Waals surface area contributed by atoms with Gasteiger partial charge in [-0.05, 0) is 12.2 Å². The number of hydrogen-bond donors (Lipinski definition) is 0. The van der Waals surface area contributed by atoms with Crippen LogP contribution in [0.15, 0.2) is 58.9 Å². The van der Waals surface area contributed by atoms with E-state index < -0.39 is 83.4 Å². The molecule has 0 fully saturated rings. The third-order valence-corrected chi connectivity index (χ3v) is 4.66. The minimum atomic E-state index is -1.37. The van der Waals surface area contributed by atoms with E-state index in [1.807, 2.05) is 0 Å². The molecule has 0 heterocycles. The quantitative estimate of drug-likeness (QED) is 0.264. The van der Waals surface area contributed by atoms with E-state index in [-0.39, 0.29) is 5.71 Å². The molecule has 3 rings (SSSR count). The number of carbonyl (C=O) groups excluding carboxylic acids is 3. The predicted octanol–water partition coefficient (Wildman–Crippen LogP) is 2.57. The van der Waals surface area contributed by atoms with Gasteiger partial charge in [0.05, 0.1) is 48.7 Å². The molecule has 0 aromatic heterocycles. The van der Waals surface area contributed by atoms with Gasteiger partial charge in [0, 0.05) is 30.7 Å². The Morgan fingerprint density at radius 1 is 0.641 bits per heavy atom. The Balaban J connectivity index is 1.77. The molecule has 19 heteroatoms. The van der Waals surface area contributed by atoms with E-state index in [0.717, 1.165) is 24.3 Å². The summed E-state index contributed by atoms with van der Waals surface area (Å²) in [7, 11) is 0. The summed E-state index contributed by atoms with van der Waals surface area (Å²) >= 11 is 0. The average Bonchev–Trinajstić information content (AvgIpc) is 2.90. The van der Waals surface area contributed by atoms with Crippen molar-refractivity contribution in [2.45, 2.75) is 6.42 Å². The number of carbonyl (C=O) groups is 3. The molecule has 39 heavy (non-hydrogen) atoms. The molecule has 0 atom stereocenters. The molecule has 0 radical (unpaired) electrons. The van der Waals surface area contributed by atoms with Crippen LogP contribution in [-0.2, 0) is 14.5 Å². The molecule has 0 saturated heterocycles. The first-order valence-electron chi connectivity index (χ1n) is 10.0. The van der Waals surface area contributed by atoms with Crippen LogP contribution in [0, 0.1) is 40.5 Å². The maximum atomic E-state index is 12.2. The van der Waals surface area contributed by atoms with Crippen molar-refractivity contribution in [3.63, 3.8) is 0 Å². The highest BCUT2D eigenvalue weighted by Crippen LogP contribution is 2.24. The van der Waals surface area contributed by atoms with Gasteiger partial charge in [-0.2, -0.15) is 0 Å². The summed E-state index contributed by atoms with van der Waals surface area (Å²) < 4.78 is 0. The van der Waals surface area contributed by atoms with Crippen molar-refractivity contribution in [1.82, 2.24) is 0 Å². The number of nitrogens with zero attached hydrogens (tertiary/aromatic N) is 6. The van der Waals surface area contributed by atoms with E-state index in [4.69, 9.17) is 0 Å². The number of non-ortho nitro benzene ring substituents is 4. The van der Waals surface area contributed by atoms with Crippen LogP contribution in [0.4, 0.5) is 22.7 Å². The fourth-order valence-corrected chi connectivity index (χ4v) is 2.88. The standard InChI is InChI=1S/C20H10N6O13/c27-18-2-1-12(21-38-19(28)10-3-13(23(30)31)8-14(4-10)24(32)33)7-17(18)22-39-20(29)11-5-15(25(34)35)9-16(6-11)26(36)37/h1-6,8-9H,7H2. The summed E-state index contributed by atoms with van der Waals surface area (Å²) in [6.07, 6.45) is 1.52. The summed E-state index contributed by atoms with van der Waals surface area (Å²) in [5.74, 6) is -3.45. The van der Waals surface area contributed by atoms with Crippen LogP contribution in [0.1, 0.15) is 27.1 Å². The van der Waals surface area contributed by atoms with Gasteiger partial charge in [-0.3, -0.25) is 45.3 Å². The maximum absolute atomic E-state index is 12.2. The lowest BCUT2D eigenvalue weighted by Crippen LogP contribution is -2.22. The average molecular weight is 542 g/mol. The molecule has 0 saturated carbocycles. The zero-order chi connectivity index (χ0) is 28.9. The molecule has 19 nitrogen and oxygen atoms in total. The number of allylic oxidation sites excluding steroid dienone is 2. The smallest absolute Gasteiger partial charge is 0.313 e. The number of nitro groups is 4. The largest absolute Gasteiger partial charge is 0.366 e. The number of benzene rings is 2. The van der Waals surface area contributed by atoms with Gasteiger partial charge in [-0.1, -0.05) is 10.3 Å². The minimum Gasteiger partial charge on any atom is -0.313 e. The SMILES string of the molecule is O=C1C=CC(=NOC(=O)c2cc([N+](=O)[O-])cc([N+](=O)[O-])c2)CC1=NOC(=O)c1cc([N+](=O)[O-])cc([N+](=O)[O-])c1. The van der Waals surface area contributed by atoms with Gasteiger partial charge >= 0.3 is 11.9 Å². The lowest BCUT2D eigenvalue weighted by molar-refractivity contribution is -0.394. The van der Waals surface area contributed by atoms with Crippen molar-refractivity contribution in [3.8, 4) is 0 Å². The van der Waals surface area contributed by atoms with Crippen LogP contribution in [-0.4, -0.2) is 48.8 Å². The highest BCUT2D eigenvalue weighted by atomic mass is 16.7. The van der Waals surface area contributed by atoms with Crippen molar-refractivity contribution < 1.29 is 43.8 Å². The Bertz CT molecular complexity index is 1490. The summed E-state index contributed by atoms with van der Waals surface area (Å²) in [5, 5.41) is 50.7. The zero-order valence-corrected chi connectivity index (χ0v) is 18.8. The molecule has 0 amide bonds. The number of ketones is 1. The second-order valence-corrected chi connectivity index (χ2v) is 7.26. The summed E-state index contributed by atoms with van der Waals surface area (Å²) in [6, 6.07) is 4.09. The van der Waals surface area contributed by atoms with Crippen molar-refractivity contribution in [2.24, 2.45) is 10.3 Å². The Morgan fingerprint density at radius 2 is 1.03 bits per heavy atom. The molecule has 198 valence electrons. The highest BCUT2D eigenvalue weighted by molar-refractivity contribution is 6.49. The monoisotopic (exact) mass is 542 g/mol. The Kier molecular flexibility index (Phi) is 7.84. The zero-order valence-electron chi connectivity index (χ0n) is 18.8. The lowest BCUT2D eigenvalue weighted by atomic mass is 10.0. The van der Waals surface area contributed by atoms with Crippen LogP contribution in [0.3, 0.4) is 0 Å². The first-order chi connectivity index (χ1) is 18.3. The maximum Gasteiger partial charge on any atom is 0.366 e. The number of hydrogen-bond acceptors (Lipinski definition) is 15. The highest BCUT2D eigenvalue weighted by Gasteiger charge is 2.24. The molecule has 1 aliphatic rings. The van der Waals surface area contributed by atoms with Crippen LogP contribution < -0.4 is 0 Å². The molecule has 0 spiro atoms. The number of nitro benzene ring substituents is 4. The van der Waals surface area contributed by atoms with Crippen LogP contribution in [0.25, 0.3) is 0 Å². The molecule has 2 aromatic carbocycles. The fourth-order valence-electron chi connectivity index (χ4n) is 2.88. The molecular formula is C20H10N6O13. The third-order valence-electron chi connectivity index (χ3n) is 4.66. The van der Waals surface area contributed by atoms with E-state index in [1.165, 1.54) is 0 Å². The molecule has 0 unspecified atom stereocenters. The van der Waals surface area contributed by atoms with Gasteiger partial charge in [0.2, 0.25) is 5.78 Å². The van der Waals surface area contributed by atoms with Gasteiger partial charge < -0.3 is 9.68 Å². The normalized spacial score (nSPS) is 14.6. The lowest BCUT2D eigenvalue weighted by Gasteiger charge is -2.08. The first kappa shape index (κ1) is 27.3. The van der Waals surface area contributed by atoms with E-state index in [0.29, 0.717) is 24.3 Å². The second-order valence-electron chi connectivity index (χ2n) is 7.26. The molecule has 0 aliphatic heterocycles. The summed E-state index contributed by atoms with van der Waals surface area (Å²) in [4.78, 5) is 85.8. The third kappa shape index (κ3) is 6.69. The van der Waals surface area contributed by atoms with Gasteiger partial charge in [-0.15, -0.1) is 0 Å². The molecule has 2 aromatic rings. The van der Waals surface area contributed by atoms with Crippen molar-refractivity contribution in [2.75, 3.05) is 0 Å². The van der Waals surface area contributed by atoms with E-state index >= 15 is 0 Å². The summed E-state index contributed by atoms with van der Waals surface area (Å²) in [5.41, 5.74) is -4.81. The van der Waals surface area contributed by atoms with Crippen LogP contribution in [0.5, 0.6) is 0 Å². The van der Waals surface area contributed by atoms with Crippen molar-refractivity contribution in [1.29, 1.82) is 0 Å². The Morgan fingerprint density at radius 3 is 1.41 bits per heavy atom. The van der Waals surface area contributed by atoms with Gasteiger partial charge in [0.1, 0.15) is 5.71 Å². The molecule has 0 N–H and O–H groups in total. The van der Waals surface area contributed by atoms with E-state index in [9.17, 15) is 54.8 Å². The Labute approximate surface area is 213 Å². The number of oxime groups is 2. The van der Waals surface area contributed by atoms with Crippen molar-refractivity contribution in [3.05, 3.63) is 100 Å². The first-order valence-corrected chi connectivity index (χ1v) is 10.0. The fraction of sp³-hybridized carbons (Fsp3) is 0.0500. The molecular weight excluding hydrogens is 532 g/mol. The number of rotatable bonds is 8. The summed E-state index contributed by atoms with van der Waals surface area (Å²) in [6.45, 7) is 0. The van der Waals surface area contributed by atoms with E-state index in [1.54, 1.807) is 0 Å². The van der Waals surface area contributed by atoms with Gasteiger partial charge in [0.15, 0.2) is 0 Å². The molecule has 0 bridgehead atoms. The second kappa shape index (κ2) is 11.2. The predicted molar refractivity (Wildman–Crippen MR) is 124 cm³/mol. The topological polar surface area (TPSA) is 267 Å². The van der Waals surface area contributed by atoms with Crippen molar-refractivity contribution >= 4 is 51.9 Å². The minimum absolute atomic E-state index is 0.135. The molecule has 1 aliphatic carbocycles. The Hall–Kier alpha value is -6.27. The van der Waals surface area contributed by atoms with Crippen LogP contribution in [0.2, 0.25) is 0 Å².